The molecular formula is C18H26IN3O. The average molecular weight is 427 g/mol. The van der Waals surface area contributed by atoms with E-state index in [0.29, 0.717) is 19.5 Å². The molecule has 0 aliphatic heterocycles. The summed E-state index contributed by atoms with van der Waals surface area (Å²) in [5.74, 6) is 5.98. The maximum absolute atomic E-state index is 10.3. The van der Waals surface area contributed by atoms with Crippen LogP contribution in [0, 0.1) is 3.57 Å². The molecule has 0 saturated heterocycles. The summed E-state index contributed by atoms with van der Waals surface area (Å²) in [6.07, 6.45) is 7.52. The number of benzene rings is 1. The van der Waals surface area contributed by atoms with Gasteiger partial charge >= 0.3 is 0 Å². The minimum absolute atomic E-state index is 0.312. The normalized spacial score (nSPS) is 15.1. The van der Waals surface area contributed by atoms with E-state index >= 15 is 0 Å². The third-order valence-corrected chi connectivity index (χ3v) is 4.17. The molecule has 0 radical (unpaired) electrons. The highest BCUT2D eigenvalue weighted by Crippen LogP contribution is 2.10. The number of hydrogen-bond donors (Lipinski definition) is 3. The summed E-state index contributed by atoms with van der Waals surface area (Å²) in [5.41, 5.74) is 8.20. The van der Waals surface area contributed by atoms with Crippen molar-refractivity contribution in [3.63, 3.8) is 0 Å². The highest BCUT2D eigenvalue weighted by atomic mass is 127. The molecule has 0 amide bonds. The van der Waals surface area contributed by atoms with E-state index in [1.807, 2.05) is 49.4 Å². The van der Waals surface area contributed by atoms with Gasteiger partial charge in [0, 0.05) is 22.7 Å². The van der Waals surface area contributed by atoms with E-state index < -0.39 is 6.10 Å². The Morgan fingerprint density at radius 2 is 2.04 bits per heavy atom. The van der Waals surface area contributed by atoms with Gasteiger partial charge in [-0.3, -0.25) is 5.84 Å². The lowest BCUT2D eigenvalue weighted by molar-refractivity contribution is 0.0954. The van der Waals surface area contributed by atoms with Crippen molar-refractivity contribution in [1.29, 1.82) is 0 Å². The van der Waals surface area contributed by atoms with E-state index in [9.17, 15) is 5.11 Å². The number of aliphatic hydroxyl groups is 1. The summed E-state index contributed by atoms with van der Waals surface area (Å²) in [4.78, 5) is 0. The fraction of sp³-hybridized carbons (Fsp3) is 0.333. The van der Waals surface area contributed by atoms with Crippen molar-refractivity contribution in [2.75, 3.05) is 13.1 Å². The van der Waals surface area contributed by atoms with Crippen LogP contribution in [0.25, 0.3) is 0 Å². The molecular weight excluding hydrogens is 401 g/mol. The minimum atomic E-state index is -0.688. The lowest BCUT2D eigenvalue weighted by atomic mass is 10.0. The molecule has 0 unspecified atom stereocenters. The van der Waals surface area contributed by atoms with Gasteiger partial charge in [0.05, 0.1) is 6.10 Å². The van der Waals surface area contributed by atoms with Crippen molar-refractivity contribution in [1.82, 2.24) is 5.01 Å². The fourth-order valence-corrected chi connectivity index (χ4v) is 2.47. The van der Waals surface area contributed by atoms with Crippen LogP contribution in [-0.4, -0.2) is 35.4 Å². The molecule has 126 valence electrons. The third-order valence-electron chi connectivity index (χ3n) is 3.45. The van der Waals surface area contributed by atoms with E-state index in [1.54, 1.807) is 11.1 Å². The molecule has 0 aromatic heterocycles. The molecule has 0 heterocycles. The molecule has 5 N–H and O–H groups in total. The topological polar surface area (TPSA) is 75.5 Å². The Morgan fingerprint density at radius 3 is 2.61 bits per heavy atom. The molecule has 0 aliphatic carbocycles. The molecule has 0 saturated carbocycles. The summed E-state index contributed by atoms with van der Waals surface area (Å²) >= 11 is 2.26. The van der Waals surface area contributed by atoms with Crippen molar-refractivity contribution in [2.45, 2.75) is 25.5 Å². The molecule has 23 heavy (non-hydrogen) atoms. The number of nitrogens with two attached hydrogens (primary N) is 2. The molecule has 1 aromatic rings. The van der Waals surface area contributed by atoms with Gasteiger partial charge in [-0.25, -0.2) is 5.01 Å². The average Bonchev–Trinajstić information content (AvgIpc) is 2.53. The zero-order valence-corrected chi connectivity index (χ0v) is 15.7. The van der Waals surface area contributed by atoms with Crippen LogP contribution in [0.15, 0.2) is 60.7 Å². The van der Waals surface area contributed by atoms with Gasteiger partial charge in [0.25, 0.3) is 0 Å². The molecule has 0 spiro atoms. The second-order valence-corrected chi connectivity index (χ2v) is 6.71. The summed E-state index contributed by atoms with van der Waals surface area (Å²) in [6, 6.07) is 7.78. The standard InChI is InChI=1S/C18H26IN3O/c1-3-5-6-14(4-2)12-22(21)13-18(23)17(20)11-15-7-9-16(19)10-8-15/h3-10,17-18,23H,2,11-13,20-21H2,1H3/b5-3-,14-6+/t17-,18-/m0/s1. The van der Waals surface area contributed by atoms with Crippen LogP contribution in [0.2, 0.25) is 0 Å². The molecule has 1 aromatic carbocycles. The van der Waals surface area contributed by atoms with Crippen LogP contribution in [0.1, 0.15) is 12.5 Å². The quantitative estimate of drug-likeness (QED) is 0.245. The Labute approximate surface area is 152 Å². The van der Waals surface area contributed by atoms with Crippen LogP contribution in [0.5, 0.6) is 0 Å². The smallest absolute Gasteiger partial charge is 0.0835 e. The van der Waals surface area contributed by atoms with Crippen LogP contribution in [0.4, 0.5) is 0 Å². The van der Waals surface area contributed by atoms with Gasteiger partial charge in [-0.15, -0.1) is 0 Å². The van der Waals surface area contributed by atoms with E-state index in [4.69, 9.17) is 11.6 Å². The Morgan fingerprint density at radius 1 is 1.39 bits per heavy atom. The highest BCUT2D eigenvalue weighted by Gasteiger charge is 2.17. The lowest BCUT2D eigenvalue weighted by Gasteiger charge is -2.24. The second-order valence-electron chi connectivity index (χ2n) is 5.46. The Balaban J connectivity index is 2.51. The predicted molar refractivity (Wildman–Crippen MR) is 106 cm³/mol. The van der Waals surface area contributed by atoms with Gasteiger partial charge in [-0.1, -0.05) is 43.0 Å². The molecule has 4 nitrogen and oxygen atoms in total. The lowest BCUT2D eigenvalue weighted by Crippen LogP contribution is -2.47. The number of halogens is 1. The Bertz CT molecular complexity index is 540. The number of hydrogen-bond acceptors (Lipinski definition) is 4. The van der Waals surface area contributed by atoms with Crippen LogP contribution >= 0.6 is 22.6 Å². The van der Waals surface area contributed by atoms with Gasteiger partial charge in [0.1, 0.15) is 0 Å². The van der Waals surface area contributed by atoms with Gasteiger partial charge in [0.2, 0.25) is 0 Å². The van der Waals surface area contributed by atoms with E-state index in [-0.39, 0.29) is 6.04 Å². The van der Waals surface area contributed by atoms with Gasteiger partial charge < -0.3 is 10.8 Å². The van der Waals surface area contributed by atoms with E-state index in [1.165, 1.54) is 3.57 Å². The SMILES string of the molecule is C=C/C(=C\C=C/C)CN(N)C[C@H](O)[C@@H](N)Cc1ccc(I)cc1. The number of rotatable bonds is 9. The van der Waals surface area contributed by atoms with E-state index in [0.717, 1.165) is 11.1 Å². The monoisotopic (exact) mass is 427 g/mol. The number of allylic oxidation sites excluding steroid dienone is 3. The summed E-state index contributed by atoms with van der Waals surface area (Å²) in [5, 5.41) is 11.8. The van der Waals surface area contributed by atoms with Crippen molar-refractivity contribution >= 4 is 22.6 Å². The first-order chi connectivity index (χ1) is 11.0. The van der Waals surface area contributed by atoms with Gasteiger partial charge in [-0.2, -0.15) is 0 Å². The maximum atomic E-state index is 10.3. The maximum Gasteiger partial charge on any atom is 0.0835 e. The minimum Gasteiger partial charge on any atom is -0.390 e. The molecule has 0 bridgehead atoms. The molecule has 0 aliphatic rings. The second kappa shape index (κ2) is 10.7. The van der Waals surface area contributed by atoms with Gasteiger partial charge in [0.15, 0.2) is 0 Å². The number of aliphatic hydroxyl groups excluding tert-OH is 1. The van der Waals surface area contributed by atoms with Crippen molar-refractivity contribution in [3.05, 3.63) is 69.9 Å². The third kappa shape index (κ3) is 7.90. The fourth-order valence-electron chi connectivity index (χ4n) is 2.11. The van der Waals surface area contributed by atoms with Crippen LogP contribution in [0.3, 0.4) is 0 Å². The van der Waals surface area contributed by atoms with Crippen molar-refractivity contribution in [3.8, 4) is 0 Å². The van der Waals surface area contributed by atoms with Gasteiger partial charge in [-0.05, 0) is 59.2 Å². The zero-order chi connectivity index (χ0) is 17.2. The summed E-state index contributed by atoms with van der Waals surface area (Å²) in [6.45, 7) is 6.55. The molecule has 5 heteroatoms. The van der Waals surface area contributed by atoms with Crippen molar-refractivity contribution in [2.24, 2.45) is 11.6 Å². The number of nitrogens with zero attached hydrogens (tertiary/aromatic N) is 1. The zero-order valence-electron chi connectivity index (χ0n) is 13.5. The predicted octanol–water partition coefficient (Wildman–Crippen LogP) is 2.39. The molecule has 2 atom stereocenters. The largest absolute Gasteiger partial charge is 0.390 e. The first-order valence-corrected chi connectivity index (χ1v) is 8.66. The highest BCUT2D eigenvalue weighted by molar-refractivity contribution is 14.1. The Hall–Kier alpha value is -0.990. The number of hydrazine groups is 1. The van der Waals surface area contributed by atoms with E-state index in [2.05, 4.69) is 29.2 Å². The van der Waals surface area contributed by atoms with Crippen molar-refractivity contribution < 1.29 is 5.11 Å². The summed E-state index contributed by atoms with van der Waals surface area (Å²) in [7, 11) is 0. The van der Waals surface area contributed by atoms with Crippen LogP contribution in [-0.2, 0) is 6.42 Å². The molecule has 1 rings (SSSR count). The summed E-state index contributed by atoms with van der Waals surface area (Å²) < 4.78 is 1.18. The van der Waals surface area contributed by atoms with Crippen LogP contribution < -0.4 is 11.6 Å². The Kier molecular flexibility index (Phi) is 9.35. The first kappa shape index (κ1) is 20.1. The first-order valence-electron chi connectivity index (χ1n) is 7.58. The molecule has 0 fully saturated rings.